The highest BCUT2D eigenvalue weighted by Crippen LogP contribution is 2.34. The van der Waals surface area contributed by atoms with Crippen LogP contribution in [0.15, 0.2) is 41.3 Å². The molecule has 0 saturated carbocycles. The fraction of sp³-hybridized carbons (Fsp3) is 0.278. The van der Waals surface area contributed by atoms with Crippen molar-refractivity contribution >= 4 is 29.0 Å². The van der Waals surface area contributed by atoms with Gasteiger partial charge in [-0.15, -0.1) is 11.8 Å². The zero-order valence-corrected chi connectivity index (χ0v) is 16.2. The zero-order chi connectivity index (χ0) is 20.0. The number of hydrogen-bond acceptors (Lipinski definition) is 7. The minimum absolute atomic E-state index is 0.133. The molecule has 1 amide bonds. The first-order valence-corrected chi connectivity index (χ1v) is 8.79. The summed E-state index contributed by atoms with van der Waals surface area (Å²) < 4.78 is 15.6. The van der Waals surface area contributed by atoms with Crippen molar-refractivity contribution in [1.82, 2.24) is 0 Å². The van der Waals surface area contributed by atoms with E-state index in [0.717, 1.165) is 4.90 Å². The topological polar surface area (TPSA) is 99.9 Å². The van der Waals surface area contributed by atoms with Crippen LogP contribution in [-0.2, 0) is 4.79 Å². The van der Waals surface area contributed by atoms with Crippen LogP contribution in [0, 0.1) is 10.1 Å². The lowest BCUT2D eigenvalue weighted by Gasteiger charge is -2.15. The van der Waals surface area contributed by atoms with Crippen LogP contribution < -0.4 is 19.5 Å². The van der Waals surface area contributed by atoms with Crippen LogP contribution in [0.1, 0.15) is 6.92 Å². The van der Waals surface area contributed by atoms with E-state index < -0.39 is 10.2 Å². The Hall–Kier alpha value is -2.94. The Morgan fingerprint density at radius 2 is 1.67 bits per heavy atom. The van der Waals surface area contributed by atoms with Crippen molar-refractivity contribution in [3.63, 3.8) is 0 Å². The van der Waals surface area contributed by atoms with E-state index in [9.17, 15) is 14.9 Å². The predicted octanol–water partition coefficient (Wildman–Crippen LogP) is 3.74. The molecule has 0 aliphatic carbocycles. The molecule has 8 nitrogen and oxygen atoms in total. The summed E-state index contributed by atoms with van der Waals surface area (Å²) in [7, 11) is 4.52. The van der Waals surface area contributed by atoms with Crippen molar-refractivity contribution in [2.45, 2.75) is 17.1 Å². The maximum absolute atomic E-state index is 12.5. The lowest BCUT2D eigenvalue weighted by atomic mass is 10.2. The number of carbonyl (C=O) groups excluding carboxylic acids is 1. The summed E-state index contributed by atoms with van der Waals surface area (Å²) in [6.07, 6.45) is 0. The van der Waals surface area contributed by atoms with Crippen molar-refractivity contribution in [1.29, 1.82) is 0 Å². The number of anilines is 1. The molecule has 1 atom stereocenters. The largest absolute Gasteiger partial charge is 0.495 e. The molecule has 0 aromatic heterocycles. The van der Waals surface area contributed by atoms with Crippen LogP contribution >= 0.6 is 11.8 Å². The van der Waals surface area contributed by atoms with E-state index in [-0.39, 0.29) is 17.3 Å². The third-order valence-corrected chi connectivity index (χ3v) is 4.78. The van der Waals surface area contributed by atoms with Gasteiger partial charge in [0.25, 0.3) is 5.69 Å². The van der Waals surface area contributed by atoms with Crippen molar-refractivity contribution in [2.24, 2.45) is 0 Å². The number of rotatable bonds is 8. The Labute approximate surface area is 161 Å². The molecule has 2 aromatic rings. The number of nitrogens with zero attached hydrogens (tertiary/aromatic N) is 1. The van der Waals surface area contributed by atoms with E-state index in [4.69, 9.17) is 14.2 Å². The average Bonchev–Trinajstić information content (AvgIpc) is 2.67. The molecule has 9 heteroatoms. The van der Waals surface area contributed by atoms with E-state index in [1.807, 2.05) is 6.07 Å². The molecule has 0 bridgehead atoms. The van der Waals surface area contributed by atoms with Crippen LogP contribution in [0.3, 0.4) is 0 Å². The Morgan fingerprint density at radius 3 is 2.26 bits per heavy atom. The maximum Gasteiger partial charge on any atom is 0.271 e. The van der Waals surface area contributed by atoms with Crippen LogP contribution in [-0.4, -0.2) is 37.4 Å². The molecule has 0 unspecified atom stereocenters. The number of nitro groups is 1. The number of nitrogens with one attached hydrogen (secondary N) is 1. The Kier molecular flexibility index (Phi) is 6.89. The number of thioether (sulfide) groups is 1. The predicted molar refractivity (Wildman–Crippen MR) is 103 cm³/mol. The summed E-state index contributed by atoms with van der Waals surface area (Å²) in [6.45, 7) is 1.74. The van der Waals surface area contributed by atoms with Gasteiger partial charge in [0.1, 0.15) is 5.75 Å². The third-order valence-electron chi connectivity index (χ3n) is 3.69. The zero-order valence-electron chi connectivity index (χ0n) is 15.3. The molecule has 0 radical (unpaired) electrons. The number of non-ortho nitro benzene ring substituents is 1. The highest BCUT2D eigenvalue weighted by Gasteiger charge is 2.19. The molecule has 2 aromatic carbocycles. The van der Waals surface area contributed by atoms with Crippen LogP contribution in [0.4, 0.5) is 11.4 Å². The summed E-state index contributed by atoms with van der Waals surface area (Å²) in [5, 5.41) is 13.2. The second kappa shape index (κ2) is 9.13. The second-order valence-corrected chi connectivity index (χ2v) is 6.82. The number of benzene rings is 2. The quantitative estimate of drug-likeness (QED) is 0.415. The van der Waals surface area contributed by atoms with Gasteiger partial charge >= 0.3 is 0 Å². The lowest BCUT2D eigenvalue weighted by molar-refractivity contribution is -0.384. The van der Waals surface area contributed by atoms with Crippen LogP contribution in [0.25, 0.3) is 0 Å². The Bertz CT molecular complexity index is 843. The van der Waals surface area contributed by atoms with Gasteiger partial charge < -0.3 is 19.5 Å². The van der Waals surface area contributed by atoms with Gasteiger partial charge in [-0.3, -0.25) is 14.9 Å². The molecule has 144 valence electrons. The molecule has 0 aliphatic rings. The molecule has 1 N–H and O–H groups in total. The van der Waals surface area contributed by atoms with Crippen molar-refractivity contribution in [3.05, 3.63) is 46.5 Å². The first-order chi connectivity index (χ1) is 12.9. The van der Waals surface area contributed by atoms with Gasteiger partial charge in [0.05, 0.1) is 37.2 Å². The molecule has 2 rings (SSSR count). The van der Waals surface area contributed by atoms with Gasteiger partial charge in [0, 0.05) is 17.0 Å². The fourth-order valence-electron chi connectivity index (χ4n) is 2.29. The van der Waals surface area contributed by atoms with E-state index >= 15 is 0 Å². The molecular weight excluding hydrogens is 372 g/mol. The van der Waals surface area contributed by atoms with Gasteiger partial charge in [-0.05, 0) is 31.2 Å². The first kappa shape index (κ1) is 20.4. The summed E-state index contributed by atoms with van der Waals surface area (Å²) in [5.41, 5.74) is 0.114. The summed E-state index contributed by atoms with van der Waals surface area (Å²) in [4.78, 5) is 23.8. The Morgan fingerprint density at radius 1 is 1.04 bits per heavy atom. The van der Waals surface area contributed by atoms with Gasteiger partial charge in [-0.1, -0.05) is 0 Å². The summed E-state index contributed by atoms with van der Waals surface area (Å²) in [5.74, 6) is 1.20. The van der Waals surface area contributed by atoms with Gasteiger partial charge in [-0.2, -0.15) is 0 Å². The third kappa shape index (κ3) is 5.04. The maximum atomic E-state index is 12.5. The van der Waals surface area contributed by atoms with E-state index in [1.165, 1.54) is 44.2 Å². The van der Waals surface area contributed by atoms with Crippen molar-refractivity contribution in [2.75, 3.05) is 26.6 Å². The molecular formula is C18H20N2O6S. The molecule has 0 spiro atoms. The van der Waals surface area contributed by atoms with Crippen molar-refractivity contribution in [3.8, 4) is 17.2 Å². The molecule has 27 heavy (non-hydrogen) atoms. The van der Waals surface area contributed by atoms with Crippen molar-refractivity contribution < 1.29 is 23.9 Å². The average molecular weight is 392 g/mol. The SMILES string of the molecule is COc1ccc([N+](=O)[O-])cc1NC(=O)[C@H](C)Sc1ccc(OC)c(OC)c1. The van der Waals surface area contributed by atoms with E-state index in [1.54, 1.807) is 26.2 Å². The number of nitro benzene ring substituents is 1. The number of ether oxygens (including phenoxy) is 3. The molecule has 0 saturated heterocycles. The van der Waals surface area contributed by atoms with Crippen LogP contribution in [0.2, 0.25) is 0 Å². The highest BCUT2D eigenvalue weighted by atomic mass is 32.2. The second-order valence-electron chi connectivity index (χ2n) is 5.41. The summed E-state index contributed by atoms with van der Waals surface area (Å²) >= 11 is 1.32. The minimum Gasteiger partial charge on any atom is -0.495 e. The van der Waals surface area contributed by atoms with Crippen LogP contribution in [0.5, 0.6) is 17.2 Å². The normalized spacial score (nSPS) is 11.4. The first-order valence-electron chi connectivity index (χ1n) is 7.91. The lowest BCUT2D eigenvalue weighted by Crippen LogP contribution is -2.22. The number of methoxy groups -OCH3 is 3. The fourth-order valence-corrected chi connectivity index (χ4v) is 3.18. The van der Waals surface area contributed by atoms with E-state index in [2.05, 4.69) is 5.32 Å². The van der Waals surface area contributed by atoms with Gasteiger partial charge in [-0.25, -0.2) is 0 Å². The highest BCUT2D eigenvalue weighted by molar-refractivity contribution is 8.00. The minimum atomic E-state index is -0.531. The Balaban J connectivity index is 2.14. The summed E-state index contributed by atoms with van der Waals surface area (Å²) in [6, 6.07) is 9.39. The molecule has 0 aliphatic heterocycles. The standard InChI is InChI=1S/C18H20N2O6S/c1-11(27-13-6-8-16(25-3)17(10-13)26-4)18(21)19-14-9-12(20(22)23)5-7-15(14)24-2/h5-11H,1-4H3,(H,19,21)/t11-/m0/s1. The molecule has 0 heterocycles. The van der Waals surface area contributed by atoms with Gasteiger partial charge in [0.2, 0.25) is 5.91 Å². The monoisotopic (exact) mass is 392 g/mol. The van der Waals surface area contributed by atoms with E-state index in [0.29, 0.717) is 17.2 Å². The molecule has 0 fully saturated rings. The number of hydrogen-bond donors (Lipinski definition) is 1. The van der Waals surface area contributed by atoms with Gasteiger partial charge in [0.15, 0.2) is 11.5 Å². The number of carbonyl (C=O) groups is 1. The smallest absolute Gasteiger partial charge is 0.271 e. The number of amides is 1.